The Morgan fingerprint density at radius 2 is 2.21 bits per heavy atom. The number of nitrogens with one attached hydrogen (secondary N) is 1. The molecule has 0 bridgehead atoms. The lowest BCUT2D eigenvalue weighted by Crippen LogP contribution is -2.40. The SMILES string of the molecule is Cc1noc(C)c1S(=O)NC[C@@H]1CCCN1CC[C@H](N)Cc1ccccc1F. The van der Waals surface area contributed by atoms with Crippen LogP contribution in [-0.2, 0) is 17.4 Å². The highest BCUT2D eigenvalue weighted by Gasteiger charge is 2.26. The fraction of sp³-hybridized carbons (Fsp3) is 0.550. The monoisotopic (exact) mass is 408 g/mol. The van der Waals surface area contributed by atoms with Crippen LogP contribution >= 0.6 is 0 Å². The standard InChI is InChI=1S/C20H29FN4O2S/c1-14-20(15(2)27-24-14)28(26)23-13-18-7-5-10-25(18)11-9-17(22)12-16-6-3-4-8-19(16)21/h3-4,6,8,17-18,23H,5,7,9-13,22H2,1-2H3/t17-,18-,28?/m0/s1. The first kappa shape index (κ1) is 21.1. The molecule has 0 saturated carbocycles. The zero-order chi connectivity index (χ0) is 20.1. The van der Waals surface area contributed by atoms with Crippen LogP contribution in [0.15, 0.2) is 33.7 Å². The van der Waals surface area contributed by atoms with E-state index in [9.17, 15) is 8.60 Å². The summed E-state index contributed by atoms with van der Waals surface area (Å²) in [5, 5.41) is 3.86. The van der Waals surface area contributed by atoms with E-state index in [0.717, 1.165) is 32.4 Å². The first-order valence-corrected chi connectivity index (χ1v) is 10.9. The van der Waals surface area contributed by atoms with E-state index in [-0.39, 0.29) is 11.9 Å². The van der Waals surface area contributed by atoms with Gasteiger partial charge in [0, 0.05) is 18.6 Å². The van der Waals surface area contributed by atoms with Gasteiger partial charge in [-0.25, -0.2) is 13.3 Å². The third-order valence-electron chi connectivity index (χ3n) is 5.33. The summed E-state index contributed by atoms with van der Waals surface area (Å²) in [5.41, 5.74) is 7.57. The highest BCUT2D eigenvalue weighted by atomic mass is 32.2. The third-order valence-corrected chi connectivity index (χ3v) is 6.71. The van der Waals surface area contributed by atoms with Crippen LogP contribution < -0.4 is 10.5 Å². The van der Waals surface area contributed by atoms with E-state index in [1.54, 1.807) is 26.0 Å². The normalized spacial score (nSPS) is 19.8. The average Bonchev–Trinajstić information content (AvgIpc) is 3.26. The van der Waals surface area contributed by atoms with Crippen molar-refractivity contribution in [2.24, 2.45) is 5.73 Å². The minimum atomic E-state index is -1.33. The number of aromatic nitrogens is 1. The lowest BCUT2D eigenvalue weighted by atomic mass is 10.0. The van der Waals surface area contributed by atoms with E-state index < -0.39 is 11.0 Å². The largest absolute Gasteiger partial charge is 0.360 e. The van der Waals surface area contributed by atoms with E-state index in [4.69, 9.17) is 10.3 Å². The molecule has 154 valence electrons. The first-order valence-electron chi connectivity index (χ1n) is 9.77. The molecule has 1 aliphatic rings. The highest BCUT2D eigenvalue weighted by Crippen LogP contribution is 2.20. The topological polar surface area (TPSA) is 84.4 Å². The smallest absolute Gasteiger partial charge is 0.151 e. The number of benzene rings is 1. The molecule has 2 heterocycles. The van der Waals surface area contributed by atoms with Gasteiger partial charge in [-0.3, -0.25) is 4.90 Å². The number of hydrogen-bond acceptors (Lipinski definition) is 5. The van der Waals surface area contributed by atoms with Crippen molar-refractivity contribution in [3.8, 4) is 0 Å². The Kier molecular flexibility index (Phi) is 7.34. The first-order chi connectivity index (χ1) is 13.5. The van der Waals surface area contributed by atoms with Gasteiger partial charge in [-0.1, -0.05) is 23.4 Å². The van der Waals surface area contributed by atoms with Gasteiger partial charge in [-0.15, -0.1) is 0 Å². The third kappa shape index (κ3) is 5.26. The van der Waals surface area contributed by atoms with Crippen LogP contribution in [0.1, 0.15) is 36.3 Å². The summed E-state index contributed by atoms with van der Waals surface area (Å²) in [5.74, 6) is 0.397. The van der Waals surface area contributed by atoms with Gasteiger partial charge >= 0.3 is 0 Å². The van der Waals surface area contributed by atoms with E-state index in [0.29, 0.717) is 40.9 Å². The Hall–Kier alpha value is -1.61. The number of aryl methyl sites for hydroxylation is 2. The maximum Gasteiger partial charge on any atom is 0.151 e. The second-order valence-electron chi connectivity index (χ2n) is 7.45. The molecule has 28 heavy (non-hydrogen) atoms. The van der Waals surface area contributed by atoms with E-state index >= 15 is 0 Å². The maximum absolute atomic E-state index is 13.8. The Labute approximate surface area is 168 Å². The average molecular weight is 409 g/mol. The van der Waals surface area contributed by atoms with Crippen molar-refractivity contribution < 1.29 is 13.1 Å². The second-order valence-corrected chi connectivity index (χ2v) is 8.68. The zero-order valence-corrected chi connectivity index (χ0v) is 17.3. The molecule has 8 heteroatoms. The van der Waals surface area contributed by atoms with E-state index in [1.807, 2.05) is 6.07 Å². The molecular weight excluding hydrogens is 379 g/mol. The number of nitrogens with zero attached hydrogens (tertiary/aromatic N) is 2. The van der Waals surface area contributed by atoms with Gasteiger partial charge in [0.1, 0.15) is 21.7 Å². The Bertz CT molecular complexity index is 794. The number of halogens is 1. The fourth-order valence-corrected chi connectivity index (χ4v) is 4.88. The fourth-order valence-electron chi connectivity index (χ4n) is 3.78. The lowest BCUT2D eigenvalue weighted by molar-refractivity contribution is 0.245. The quantitative estimate of drug-likeness (QED) is 0.666. The molecule has 1 aromatic carbocycles. The van der Waals surface area contributed by atoms with Crippen molar-refractivity contribution in [3.63, 3.8) is 0 Å². The molecule has 1 fully saturated rings. The van der Waals surface area contributed by atoms with Gasteiger partial charge in [-0.05, 0) is 64.3 Å². The van der Waals surface area contributed by atoms with Crippen molar-refractivity contribution in [2.75, 3.05) is 19.6 Å². The lowest BCUT2D eigenvalue weighted by Gasteiger charge is -2.26. The number of rotatable bonds is 9. The van der Waals surface area contributed by atoms with Crippen LogP contribution in [-0.4, -0.2) is 46.0 Å². The summed E-state index contributed by atoms with van der Waals surface area (Å²) >= 11 is 0. The van der Waals surface area contributed by atoms with Crippen molar-refractivity contribution in [3.05, 3.63) is 47.1 Å². The molecule has 1 unspecified atom stereocenters. The number of likely N-dealkylation sites (tertiary alicyclic amines) is 1. The summed E-state index contributed by atoms with van der Waals surface area (Å²) < 4.78 is 34.5. The van der Waals surface area contributed by atoms with Gasteiger partial charge in [0.25, 0.3) is 0 Å². The molecule has 3 rings (SSSR count). The predicted octanol–water partition coefficient (Wildman–Crippen LogP) is 2.47. The van der Waals surface area contributed by atoms with Crippen molar-refractivity contribution >= 4 is 11.0 Å². The molecular formula is C20H29FN4O2S. The molecule has 0 spiro atoms. The predicted molar refractivity (Wildman–Crippen MR) is 108 cm³/mol. The molecule has 0 radical (unpaired) electrons. The highest BCUT2D eigenvalue weighted by molar-refractivity contribution is 7.83. The molecule has 1 saturated heterocycles. The molecule has 0 amide bonds. The van der Waals surface area contributed by atoms with E-state index in [1.165, 1.54) is 6.07 Å². The molecule has 3 N–H and O–H groups in total. The van der Waals surface area contributed by atoms with Gasteiger partial charge in [-0.2, -0.15) is 0 Å². The zero-order valence-electron chi connectivity index (χ0n) is 16.5. The molecule has 2 aromatic rings. The minimum absolute atomic E-state index is 0.0810. The second kappa shape index (κ2) is 9.73. The van der Waals surface area contributed by atoms with Crippen molar-refractivity contribution in [1.29, 1.82) is 0 Å². The van der Waals surface area contributed by atoms with Crippen molar-refractivity contribution in [2.45, 2.75) is 56.5 Å². The van der Waals surface area contributed by atoms with Crippen LogP contribution in [0.25, 0.3) is 0 Å². The molecule has 3 atom stereocenters. The van der Waals surface area contributed by atoms with Crippen LogP contribution in [0.5, 0.6) is 0 Å². The Morgan fingerprint density at radius 1 is 1.43 bits per heavy atom. The molecule has 0 aliphatic carbocycles. The van der Waals surface area contributed by atoms with Crippen molar-refractivity contribution in [1.82, 2.24) is 14.8 Å². The minimum Gasteiger partial charge on any atom is -0.360 e. The van der Waals surface area contributed by atoms with E-state index in [2.05, 4.69) is 14.8 Å². The molecule has 1 aliphatic heterocycles. The summed E-state index contributed by atoms with van der Waals surface area (Å²) in [4.78, 5) is 3.02. The summed E-state index contributed by atoms with van der Waals surface area (Å²) in [6.45, 7) is 6.08. The Morgan fingerprint density at radius 3 is 2.93 bits per heavy atom. The van der Waals surface area contributed by atoms with Crippen LogP contribution in [0.2, 0.25) is 0 Å². The summed E-state index contributed by atoms with van der Waals surface area (Å²) in [6, 6.07) is 7.04. The van der Waals surface area contributed by atoms with Crippen LogP contribution in [0.3, 0.4) is 0 Å². The number of nitrogens with two attached hydrogens (primary N) is 1. The van der Waals surface area contributed by atoms with Gasteiger partial charge in [0.05, 0.1) is 5.69 Å². The molecule has 6 nitrogen and oxygen atoms in total. The van der Waals surface area contributed by atoms with Gasteiger partial charge in [0.15, 0.2) is 5.76 Å². The summed E-state index contributed by atoms with van der Waals surface area (Å²) in [7, 11) is -1.33. The van der Waals surface area contributed by atoms with Gasteiger partial charge in [0.2, 0.25) is 0 Å². The number of hydrogen-bond donors (Lipinski definition) is 2. The molecule has 1 aromatic heterocycles. The van der Waals surface area contributed by atoms with Crippen LogP contribution in [0.4, 0.5) is 4.39 Å². The van der Waals surface area contributed by atoms with Gasteiger partial charge < -0.3 is 10.3 Å². The summed E-state index contributed by atoms with van der Waals surface area (Å²) in [6.07, 6.45) is 3.53. The Balaban J connectivity index is 1.47. The maximum atomic E-state index is 13.8. The van der Waals surface area contributed by atoms with Crippen LogP contribution in [0, 0.1) is 19.7 Å².